The van der Waals surface area contributed by atoms with E-state index < -0.39 is 0 Å². The first kappa shape index (κ1) is 8.26. The fourth-order valence-corrected chi connectivity index (χ4v) is 1.45. The minimum Gasteiger partial charge on any atom is -0.358 e. The third-order valence-corrected chi connectivity index (χ3v) is 2.05. The average Bonchev–Trinajstić information content (AvgIpc) is 2.46. The van der Waals surface area contributed by atoms with E-state index in [0.717, 1.165) is 23.0 Å². The summed E-state index contributed by atoms with van der Waals surface area (Å²) in [6, 6.07) is 6.72. The SMILES string of the molecule is NCCc1cc2ccc(F)cc2[nH]1. The van der Waals surface area contributed by atoms with Gasteiger partial charge in [0.25, 0.3) is 0 Å². The van der Waals surface area contributed by atoms with Crippen LogP contribution in [0.4, 0.5) is 4.39 Å². The molecule has 3 heteroatoms. The monoisotopic (exact) mass is 178 g/mol. The lowest BCUT2D eigenvalue weighted by molar-refractivity contribution is 0.629. The summed E-state index contributed by atoms with van der Waals surface area (Å²) < 4.78 is 12.8. The van der Waals surface area contributed by atoms with Gasteiger partial charge in [-0.1, -0.05) is 0 Å². The smallest absolute Gasteiger partial charge is 0.125 e. The van der Waals surface area contributed by atoms with Gasteiger partial charge in [-0.25, -0.2) is 4.39 Å². The van der Waals surface area contributed by atoms with Gasteiger partial charge in [-0.3, -0.25) is 0 Å². The summed E-state index contributed by atoms with van der Waals surface area (Å²) in [5.74, 6) is -0.214. The molecule has 0 atom stereocenters. The van der Waals surface area contributed by atoms with Crippen molar-refractivity contribution in [3.05, 3.63) is 35.8 Å². The van der Waals surface area contributed by atoms with E-state index in [4.69, 9.17) is 5.73 Å². The molecule has 1 aromatic heterocycles. The molecule has 3 N–H and O–H groups in total. The molecule has 0 amide bonds. The molecule has 0 unspecified atom stereocenters. The molecule has 0 saturated carbocycles. The Bertz CT molecular complexity index is 420. The van der Waals surface area contributed by atoms with E-state index in [0.29, 0.717) is 6.54 Å². The van der Waals surface area contributed by atoms with Crippen LogP contribution in [0.25, 0.3) is 10.9 Å². The molecule has 0 radical (unpaired) electrons. The molecule has 0 spiro atoms. The molecular weight excluding hydrogens is 167 g/mol. The second-order valence-electron chi connectivity index (χ2n) is 3.06. The lowest BCUT2D eigenvalue weighted by Crippen LogP contribution is -2.02. The Morgan fingerprint density at radius 3 is 2.92 bits per heavy atom. The van der Waals surface area contributed by atoms with Gasteiger partial charge < -0.3 is 10.7 Å². The van der Waals surface area contributed by atoms with Crippen molar-refractivity contribution in [3.8, 4) is 0 Å². The highest BCUT2D eigenvalue weighted by Crippen LogP contribution is 2.16. The first-order valence-electron chi connectivity index (χ1n) is 4.27. The predicted molar refractivity (Wildman–Crippen MR) is 51.0 cm³/mol. The zero-order valence-corrected chi connectivity index (χ0v) is 7.18. The van der Waals surface area contributed by atoms with Gasteiger partial charge in [-0.05, 0) is 42.6 Å². The van der Waals surface area contributed by atoms with Crippen molar-refractivity contribution in [2.45, 2.75) is 6.42 Å². The van der Waals surface area contributed by atoms with Crippen LogP contribution < -0.4 is 5.73 Å². The van der Waals surface area contributed by atoms with Gasteiger partial charge in [0.05, 0.1) is 0 Å². The van der Waals surface area contributed by atoms with Gasteiger partial charge in [0.2, 0.25) is 0 Å². The lowest BCUT2D eigenvalue weighted by atomic mass is 10.2. The lowest BCUT2D eigenvalue weighted by Gasteiger charge is -1.90. The van der Waals surface area contributed by atoms with Crippen LogP contribution in [-0.2, 0) is 6.42 Å². The third kappa shape index (κ3) is 1.55. The number of hydrogen-bond donors (Lipinski definition) is 2. The molecule has 2 rings (SSSR count). The molecule has 0 fully saturated rings. The van der Waals surface area contributed by atoms with Crippen molar-refractivity contribution < 1.29 is 4.39 Å². The van der Waals surface area contributed by atoms with Crippen molar-refractivity contribution in [3.63, 3.8) is 0 Å². The highest BCUT2D eigenvalue weighted by atomic mass is 19.1. The van der Waals surface area contributed by atoms with E-state index in [1.54, 1.807) is 6.07 Å². The highest BCUT2D eigenvalue weighted by Gasteiger charge is 2.00. The summed E-state index contributed by atoms with van der Waals surface area (Å²) in [6.07, 6.45) is 0.802. The normalized spacial score (nSPS) is 10.9. The molecule has 1 heterocycles. The van der Waals surface area contributed by atoms with Gasteiger partial charge in [-0.15, -0.1) is 0 Å². The van der Waals surface area contributed by atoms with Gasteiger partial charge in [0.1, 0.15) is 5.82 Å². The molecule has 0 bridgehead atoms. The molecule has 2 aromatic rings. The summed E-state index contributed by atoms with van der Waals surface area (Å²) in [5, 5.41) is 1.03. The molecule has 1 aromatic carbocycles. The van der Waals surface area contributed by atoms with Crippen LogP contribution in [0, 0.1) is 5.82 Å². The Labute approximate surface area is 75.6 Å². The van der Waals surface area contributed by atoms with E-state index in [1.165, 1.54) is 12.1 Å². The molecule has 13 heavy (non-hydrogen) atoms. The molecule has 0 aliphatic rings. The zero-order valence-electron chi connectivity index (χ0n) is 7.18. The van der Waals surface area contributed by atoms with Gasteiger partial charge in [-0.2, -0.15) is 0 Å². The van der Waals surface area contributed by atoms with Crippen molar-refractivity contribution >= 4 is 10.9 Å². The summed E-state index contributed by atoms with van der Waals surface area (Å²) in [6.45, 7) is 0.606. The Hall–Kier alpha value is -1.35. The van der Waals surface area contributed by atoms with Crippen LogP contribution in [0.1, 0.15) is 5.69 Å². The number of H-pyrrole nitrogens is 1. The number of benzene rings is 1. The third-order valence-electron chi connectivity index (χ3n) is 2.05. The Morgan fingerprint density at radius 2 is 2.15 bits per heavy atom. The summed E-state index contributed by atoms with van der Waals surface area (Å²) in [7, 11) is 0. The number of rotatable bonds is 2. The van der Waals surface area contributed by atoms with E-state index in [2.05, 4.69) is 4.98 Å². The Kier molecular flexibility index (Phi) is 2.02. The van der Waals surface area contributed by atoms with Gasteiger partial charge in [0.15, 0.2) is 0 Å². The van der Waals surface area contributed by atoms with Gasteiger partial charge >= 0.3 is 0 Å². The molecule has 68 valence electrons. The second kappa shape index (κ2) is 3.18. The molecular formula is C10H11FN2. The summed E-state index contributed by atoms with van der Waals surface area (Å²) in [4.78, 5) is 3.12. The standard InChI is InChI=1S/C10H11FN2/c11-8-2-1-7-5-9(3-4-12)13-10(7)6-8/h1-2,5-6,13H,3-4,12H2. The van der Waals surface area contributed by atoms with Crippen LogP contribution in [0.15, 0.2) is 24.3 Å². The van der Waals surface area contributed by atoms with E-state index in [9.17, 15) is 4.39 Å². The minimum atomic E-state index is -0.214. The van der Waals surface area contributed by atoms with Crippen molar-refractivity contribution in [2.75, 3.05) is 6.54 Å². The van der Waals surface area contributed by atoms with Crippen LogP contribution in [-0.4, -0.2) is 11.5 Å². The Morgan fingerprint density at radius 1 is 1.31 bits per heavy atom. The fourth-order valence-electron chi connectivity index (χ4n) is 1.45. The number of halogens is 1. The fraction of sp³-hybridized carbons (Fsp3) is 0.200. The number of nitrogens with two attached hydrogens (primary N) is 1. The van der Waals surface area contributed by atoms with Crippen molar-refractivity contribution in [1.29, 1.82) is 0 Å². The van der Waals surface area contributed by atoms with Gasteiger partial charge in [0, 0.05) is 11.2 Å². The maximum Gasteiger partial charge on any atom is 0.125 e. The maximum atomic E-state index is 12.8. The minimum absolute atomic E-state index is 0.214. The van der Waals surface area contributed by atoms with Crippen LogP contribution >= 0.6 is 0 Å². The first-order chi connectivity index (χ1) is 6.29. The number of aromatic amines is 1. The van der Waals surface area contributed by atoms with Crippen LogP contribution in [0.3, 0.4) is 0 Å². The van der Waals surface area contributed by atoms with E-state index in [-0.39, 0.29) is 5.82 Å². The van der Waals surface area contributed by atoms with Crippen LogP contribution in [0.2, 0.25) is 0 Å². The molecule has 0 saturated heterocycles. The van der Waals surface area contributed by atoms with Crippen molar-refractivity contribution in [2.24, 2.45) is 5.73 Å². The Balaban J connectivity index is 2.49. The average molecular weight is 178 g/mol. The quantitative estimate of drug-likeness (QED) is 0.723. The predicted octanol–water partition coefficient (Wildman–Crippen LogP) is 1.81. The largest absolute Gasteiger partial charge is 0.358 e. The van der Waals surface area contributed by atoms with E-state index >= 15 is 0 Å². The highest BCUT2D eigenvalue weighted by molar-refractivity contribution is 5.80. The zero-order chi connectivity index (χ0) is 9.26. The van der Waals surface area contributed by atoms with Crippen LogP contribution in [0.5, 0.6) is 0 Å². The number of nitrogens with one attached hydrogen (secondary N) is 1. The number of fused-ring (bicyclic) bond motifs is 1. The molecule has 2 nitrogen and oxygen atoms in total. The maximum absolute atomic E-state index is 12.8. The first-order valence-corrected chi connectivity index (χ1v) is 4.27. The molecule has 0 aliphatic carbocycles. The van der Waals surface area contributed by atoms with E-state index in [1.807, 2.05) is 6.07 Å². The summed E-state index contributed by atoms with van der Waals surface area (Å²) >= 11 is 0. The number of aromatic nitrogens is 1. The second-order valence-corrected chi connectivity index (χ2v) is 3.06. The topological polar surface area (TPSA) is 41.8 Å². The number of hydrogen-bond acceptors (Lipinski definition) is 1. The summed E-state index contributed by atoms with van der Waals surface area (Å²) in [5.41, 5.74) is 7.31. The molecule has 0 aliphatic heterocycles. The van der Waals surface area contributed by atoms with Crippen molar-refractivity contribution in [1.82, 2.24) is 4.98 Å².